The summed E-state index contributed by atoms with van der Waals surface area (Å²) in [6.07, 6.45) is 2.63. The summed E-state index contributed by atoms with van der Waals surface area (Å²) in [5, 5.41) is 22.8. The van der Waals surface area contributed by atoms with Gasteiger partial charge in [0.25, 0.3) is 0 Å². The SMILES string of the molecule is CC[C@@H](CO)Nc1nc(NCc2ccc(-c3cccs3)cc2)n2ncc(C(C)C)c2n1. The van der Waals surface area contributed by atoms with Crippen LogP contribution in [0.4, 0.5) is 11.9 Å². The van der Waals surface area contributed by atoms with Crippen LogP contribution < -0.4 is 10.6 Å². The molecule has 31 heavy (non-hydrogen) atoms. The molecule has 4 rings (SSSR count). The third-order valence-electron chi connectivity index (χ3n) is 5.27. The van der Waals surface area contributed by atoms with Crippen molar-refractivity contribution < 1.29 is 5.11 Å². The van der Waals surface area contributed by atoms with Gasteiger partial charge in [-0.1, -0.05) is 51.1 Å². The molecule has 162 valence electrons. The molecule has 0 aliphatic rings. The minimum absolute atomic E-state index is 0.0285. The Morgan fingerprint density at radius 2 is 1.94 bits per heavy atom. The molecule has 3 N–H and O–H groups in total. The first-order chi connectivity index (χ1) is 15.1. The van der Waals surface area contributed by atoms with Crippen LogP contribution in [0.15, 0.2) is 48.0 Å². The Kier molecular flexibility index (Phi) is 6.48. The summed E-state index contributed by atoms with van der Waals surface area (Å²) in [6, 6.07) is 12.6. The molecule has 0 amide bonds. The Balaban J connectivity index is 1.59. The van der Waals surface area contributed by atoms with Crippen molar-refractivity contribution in [1.82, 2.24) is 19.6 Å². The van der Waals surface area contributed by atoms with E-state index in [1.54, 1.807) is 15.9 Å². The van der Waals surface area contributed by atoms with E-state index in [2.05, 4.69) is 81.3 Å². The second-order valence-electron chi connectivity index (χ2n) is 7.82. The van der Waals surface area contributed by atoms with Crippen LogP contribution in [0.2, 0.25) is 0 Å². The highest BCUT2D eigenvalue weighted by molar-refractivity contribution is 7.13. The van der Waals surface area contributed by atoms with E-state index in [0.29, 0.717) is 18.4 Å². The van der Waals surface area contributed by atoms with Gasteiger partial charge in [-0.3, -0.25) is 0 Å². The van der Waals surface area contributed by atoms with E-state index in [1.807, 2.05) is 13.1 Å². The zero-order valence-corrected chi connectivity index (χ0v) is 18.9. The maximum absolute atomic E-state index is 9.57. The lowest BCUT2D eigenvalue weighted by molar-refractivity contribution is 0.271. The van der Waals surface area contributed by atoms with Crippen LogP contribution in [0.25, 0.3) is 16.1 Å². The quantitative estimate of drug-likeness (QED) is 0.350. The summed E-state index contributed by atoms with van der Waals surface area (Å²) in [5.41, 5.74) is 4.21. The Morgan fingerprint density at radius 3 is 2.58 bits per heavy atom. The molecule has 4 aromatic rings. The summed E-state index contributed by atoms with van der Waals surface area (Å²) in [6.45, 7) is 6.91. The molecule has 0 radical (unpaired) electrons. The zero-order valence-electron chi connectivity index (χ0n) is 18.0. The van der Waals surface area contributed by atoms with Gasteiger partial charge in [-0.05, 0) is 34.9 Å². The molecular weight excluding hydrogens is 408 g/mol. The van der Waals surface area contributed by atoms with Gasteiger partial charge in [-0.25, -0.2) is 0 Å². The molecule has 3 heterocycles. The second-order valence-corrected chi connectivity index (χ2v) is 8.77. The monoisotopic (exact) mass is 436 g/mol. The van der Waals surface area contributed by atoms with Crippen molar-refractivity contribution in [2.75, 3.05) is 17.2 Å². The first kappa shape index (κ1) is 21.3. The van der Waals surface area contributed by atoms with Gasteiger partial charge in [-0.15, -0.1) is 11.3 Å². The van der Waals surface area contributed by atoms with Crippen molar-refractivity contribution in [1.29, 1.82) is 0 Å². The van der Waals surface area contributed by atoms with Gasteiger partial charge in [0.2, 0.25) is 11.9 Å². The lowest BCUT2D eigenvalue weighted by Gasteiger charge is -2.16. The summed E-state index contributed by atoms with van der Waals surface area (Å²) >= 11 is 1.74. The minimum Gasteiger partial charge on any atom is -0.394 e. The van der Waals surface area contributed by atoms with Crippen molar-refractivity contribution in [3.05, 3.63) is 59.1 Å². The van der Waals surface area contributed by atoms with Crippen LogP contribution in [0.3, 0.4) is 0 Å². The van der Waals surface area contributed by atoms with E-state index in [4.69, 9.17) is 0 Å². The number of hydrogen-bond acceptors (Lipinski definition) is 7. The number of nitrogens with one attached hydrogen (secondary N) is 2. The van der Waals surface area contributed by atoms with E-state index in [1.165, 1.54) is 10.4 Å². The molecule has 7 nitrogen and oxygen atoms in total. The fraction of sp³-hybridized carbons (Fsp3) is 0.348. The second kappa shape index (κ2) is 9.45. The predicted molar refractivity (Wildman–Crippen MR) is 127 cm³/mol. The molecule has 0 saturated carbocycles. The number of fused-ring (bicyclic) bond motifs is 1. The van der Waals surface area contributed by atoms with Crippen molar-refractivity contribution >= 4 is 28.9 Å². The number of nitrogens with zero attached hydrogens (tertiary/aromatic N) is 4. The number of rotatable bonds is 9. The van der Waals surface area contributed by atoms with Gasteiger partial charge in [0.15, 0.2) is 5.65 Å². The van der Waals surface area contributed by atoms with E-state index in [0.717, 1.165) is 23.2 Å². The van der Waals surface area contributed by atoms with Crippen LogP contribution in [-0.4, -0.2) is 37.3 Å². The first-order valence-electron chi connectivity index (χ1n) is 10.6. The molecule has 0 unspecified atom stereocenters. The fourth-order valence-electron chi connectivity index (χ4n) is 3.35. The molecule has 1 atom stereocenters. The highest BCUT2D eigenvalue weighted by Crippen LogP contribution is 2.25. The van der Waals surface area contributed by atoms with Gasteiger partial charge in [-0.2, -0.15) is 19.6 Å². The molecule has 0 fully saturated rings. The smallest absolute Gasteiger partial charge is 0.229 e. The summed E-state index contributed by atoms with van der Waals surface area (Å²) < 4.78 is 1.75. The Bertz CT molecular complexity index is 1120. The molecule has 0 saturated heterocycles. The van der Waals surface area contributed by atoms with Crippen molar-refractivity contribution in [3.8, 4) is 10.4 Å². The van der Waals surface area contributed by atoms with Crippen LogP contribution >= 0.6 is 11.3 Å². The van der Waals surface area contributed by atoms with Crippen LogP contribution in [0, 0.1) is 0 Å². The van der Waals surface area contributed by atoms with Gasteiger partial charge >= 0.3 is 0 Å². The van der Waals surface area contributed by atoms with Crippen molar-refractivity contribution in [3.63, 3.8) is 0 Å². The normalized spacial score (nSPS) is 12.4. The van der Waals surface area contributed by atoms with Crippen molar-refractivity contribution in [2.24, 2.45) is 0 Å². The Hall–Kier alpha value is -2.97. The molecule has 0 bridgehead atoms. The van der Waals surface area contributed by atoms with E-state index >= 15 is 0 Å². The molecule has 0 spiro atoms. The number of thiophene rings is 1. The average Bonchev–Trinajstić information content (AvgIpc) is 3.46. The lowest BCUT2D eigenvalue weighted by atomic mass is 10.1. The maximum atomic E-state index is 9.57. The van der Waals surface area contributed by atoms with Crippen molar-refractivity contribution in [2.45, 2.75) is 45.7 Å². The fourth-order valence-corrected chi connectivity index (χ4v) is 4.08. The van der Waals surface area contributed by atoms with Crippen LogP contribution in [0.1, 0.15) is 44.2 Å². The highest BCUT2D eigenvalue weighted by atomic mass is 32.1. The van der Waals surface area contributed by atoms with Crippen LogP contribution in [0.5, 0.6) is 0 Å². The number of aliphatic hydroxyl groups is 1. The lowest BCUT2D eigenvalue weighted by Crippen LogP contribution is -2.24. The number of anilines is 2. The summed E-state index contributed by atoms with van der Waals surface area (Å²) in [5.74, 6) is 1.40. The average molecular weight is 437 g/mol. The van der Waals surface area contributed by atoms with Crippen LogP contribution in [-0.2, 0) is 6.54 Å². The summed E-state index contributed by atoms with van der Waals surface area (Å²) in [7, 11) is 0. The molecule has 0 aliphatic carbocycles. The number of aliphatic hydroxyl groups excluding tert-OH is 1. The maximum Gasteiger partial charge on any atom is 0.229 e. The predicted octanol–water partition coefficient (Wildman–Crippen LogP) is 4.77. The van der Waals surface area contributed by atoms with Gasteiger partial charge < -0.3 is 15.7 Å². The summed E-state index contributed by atoms with van der Waals surface area (Å²) in [4.78, 5) is 10.6. The number of benzene rings is 1. The van der Waals surface area contributed by atoms with Gasteiger partial charge in [0.05, 0.1) is 18.8 Å². The largest absolute Gasteiger partial charge is 0.394 e. The topological polar surface area (TPSA) is 87.4 Å². The first-order valence-corrected chi connectivity index (χ1v) is 11.5. The number of aromatic nitrogens is 4. The molecular formula is C23H28N6OS. The Morgan fingerprint density at radius 1 is 1.13 bits per heavy atom. The van der Waals surface area contributed by atoms with E-state index in [-0.39, 0.29) is 18.6 Å². The van der Waals surface area contributed by atoms with E-state index in [9.17, 15) is 5.11 Å². The zero-order chi connectivity index (χ0) is 21.8. The molecule has 0 aliphatic heterocycles. The molecule has 8 heteroatoms. The molecule has 1 aromatic carbocycles. The standard InChI is InChI=1S/C23H28N6OS/c1-4-18(14-30)26-22-27-21-19(15(2)3)13-25-29(21)23(28-22)24-12-16-7-9-17(10-8-16)20-6-5-11-31-20/h5-11,13,15,18,30H,4,12,14H2,1-3H3,(H2,24,26,27,28)/t18-/m0/s1. The highest BCUT2D eigenvalue weighted by Gasteiger charge is 2.16. The van der Waals surface area contributed by atoms with Gasteiger partial charge in [0.1, 0.15) is 0 Å². The molecule has 3 aromatic heterocycles. The number of hydrogen-bond donors (Lipinski definition) is 3. The Labute approximate surface area is 186 Å². The van der Waals surface area contributed by atoms with Gasteiger partial charge in [0, 0.05) is 17.0 Å². The third-order valence-corrected chi connectivity index (χ3v) is 6.19. The third kappa shape index (κ3) is 4.70. The van der Waals surface area contributed by atoms with E-state index < -0.39 is 0 Å². The minimum atomic E-state index is -0.0921.